The molecular formula is C17H24N6O2S. The van der Waals surface area contributed by atoms with Gasteiger partial charge in [-0.15, -0.1) is 11.3 Å². The van der Waals surface area contributed by atoms with Gasteiger partial charge < -0.3 is 19.9 Å². The van der Waals surface area contributed by atoms with E-state index in [9.17, 15) is 4.79 Å². The third-order valence-corrected chi connectivity index (χ3v) is 5.65. The highest BCUT2D eigenvalue weighted by molar-refractivity contribution is 7.15. The second-order valence-electron chi connectivity index (χ2n) is 6.54. The number of carbonyl (C=O) groups is 1. The number of fused-ring (bicyclic) bond motifs is 1. The van der Waals surface area contributed by atoms with Crippen LogP contribution in [0.15, 0.2) is 22.8 Å². The Morgan fingerprint density at radius 2 is 2.19 bits per heavy atom. The Morgan fingerprint density at radius 3 is 2.88 bits per heavy atom. The van der Waals surface area contributed by atoms with Crippen molar-refractivity contribution in [1.29, 1.82) is 0 Å². The summed E-state index contributed by atoms with van der Waals surface area (Å²) in [5.41, 5.74) is 0.991. The highest BCUT2D eigenvalue weighted by atomic mass is 32.1. The van der Waals surface area contributed by atoms with Crippen LogP contribution in [-0.4, -0.2) is 77.0 Å². The van der Waals surface area contributed by atoms with Crippen LogP contribution in [0.4, 0.5) is 0 Å². The summed E-state index contributed by atoms with van der Waals surface area (Å²) in [5.74, 6) is 0.994. The predicted octanol–water partition coefficient (Wildman–Crippen LogP) is 0.794. The standard InChI is InChI=1S/C17H24N6O2S/c1-18-16(19-11-13-12-23-8-10-26-17(23)20-13)22-6-4-21(5-7-22)15(24)14-3-2-9-25-14/h8,10,12,14H,2-7,9,11H2,1H3,(H,18,19). The molecule has 1 amide bonds. The lowest BCUT2D eigenvalue weighted by Crippen LogP contribution is -2.55. The maximum Gasteiger partial charge on any atom is 0.251 e. The Labute approximate surface area is 156 Å². The van der Waals surface area contributed by atoms with Crippen LogP contribution in [0.1, 0.15) is 18.5 Å². The van der Waals surface area contributed by atoms with Gasteiger partial charge in [-0.25, -0.2) is 4.98 Å². The maximum absolute atomic E-state index is 12.4. The number of rotatable bonds is 3. The number of nitrogens with zero attached hydrogens (tertiary/aromatic N) is 5. The van der Waals surface area contributed by atoms with Crippen LogP contribution in [0.5, 0.6) is 0 Å². The monoisotopic (exact) mass is 376 g/mol. The van der Waals surface area contributed by atoms with Gasteiger partial charge in [0, 0.05) is 57.6 Å². The molecule has 4 rings (SSSR count). The van der Waals surface area contributed by atoms with Crippen molar-refractivity contribution in [3.63, 3.8) is 0 Å². The predicted molar refractivity (Wildman–Crippen MR) is 100 cm³/mol. The summed E-state index contributed by atoms with van der Waals surface area (Å²) in [5, 5.41) is 5.41. The fourth-order valence-electron chi connectivity index (χ4n) is 3.48. The molecule has 0 bridgehead atoms. The third-order valence-electron chi connectivity index (χ3n) is 4.88. The number of piperazine rings is 1. The van der Waals surface area contributed by atoms with Gasteiger partial charge in [0.1, 0.15) is 6.10 Å². The largest absolute Gasteiger partial charge is 0.368 e. The molecular weight excluding hydrogens is 352 g/mol. The van der Waals surface area contributed by atoms with Gasteiger partial charge in [-0.2, -0.15) is 0 Å². The van der Waals surface area contributed by atoms with E-state index < -0.39 is 0 Å². The van der Waals surface area contributed by atoms with E-state index in [1.54, 1.807) is 18.4 Å². The Kier molecular flexibility index (Phi) is 5.07. The average Bonchev–Trinajstić information content (AvgIpc) is 3.39. The lowest BCUT2D eigenvalue weighted by atomic mass is 10.2. The Bertz CT molecular complexity index is 758. The molecule has 0 aliphatic carbocycles. The van der Waals surface area contributed by atoms with Gasteiger partial charge in [0.15, 0.2) is 10.9 Å². The van der Waals surface area contributed by atoms with Gasteiger partial charge in [0.25, 0.3) is 5.91 Å². The molecule has 2 aliphatic heterocycles. The van der Waals surface area contributed by atoms with E-state index in [4.69, 9.17) is 4.74 Å². The normalized spacial score (nSPS) is 21.6. The quantitative estimate of drug-likeness (QED) is 0.633. The zero-order chi connectivity index (χ0) is 17.9. The van der Waals surface area contributed by atoms with E-state index in [1.165, 1.54) is 0 Å². The summed E-state index contributed by atoms with van der Waals surface area (Å²) in [6.07, 6.45) is 5.65. The van der Waals surface area contributed by atoms with E-state index in [-0.39, 0.29) is 12.0 Å². The number of thiazole rings is 1. The van der Waals surface area contributed by atoms with Crippen molar-refractivity contribution in [2.75, 3.05) is 39.8 Å². The molecule has 1 atom stereocenters. The first-order chi connectivity index (χ1) is 12.7. The zero-order valence-electron chi connectivity index (χ0n) is 14.9. The van der Waals surface area contributed by atoms with Gasteiger partial charge in [0.05, 0.1) is 12.2 Å². The number of imidazole rings is 1. The minimum absolute atomic E-state index is 0.142. The van der Waals surface area contributed by atoms with Crippen molar-refractivity contribution in [3.8, 4) is 0 Å². The minimum atomic E-state index is -0.228. The number of nitrogens with one attached hydrogen (secondary N) is 1. The molecule has 9 heteroatoms. The molecule has 0 radical (unpaired) electrons. The number of hydrogen-bond donors (Lipinski definition) is 1. The fraction of sp³-hybridized carbons (Fsp3) is 0.588. The molecule has 2 aromatic heterocycles. The lowest BCUT2D eigenvalue weighted by molar-refractivity contribution is -0.142. The number of carbonyl (C=O) groups excluding carboxylic acids is 1. The Morgan fingerprint density at radius 1 is 1.38 bits per heavy atom. The number of aromatic nitrogens is 2. The number of guanidine groups is 1. The van der Waals surface area contributed by atoms with Crippen LogP contribution < -0.4 is 5.32 Å². The number of amides is 1. The number of hydrogen-bond acceptors (Lipinski definition) is 5. The van der Waals surface area contributed by atoms with E-state index in [0.717, 1.165) is 42.5 Å². The second kappa shape index (κ2) is 7.63. The molecule has 2 aromatic rings. The first-order valence-corrected chi connectivity index (χ1v) is 9.89. The highest BCUT2D eigenvalue weighted by Crippen LogP contribution is 2.16. The minimum Gasteiger partial charge on any atom is -0.368 e. The van der Waals surface area contributed by atoms with E-state index in [0.29, 0.717) is 26.2 Å². The first kappa shape index (κ1) is 17.3. The van der Waals surface area contributed by atoms with Crippen molar-refractivity contribution >= 4 is 28.2 Å². The molecule has 1 unspecified atom stereocenters. The molecule has 2 fully saturated rings. The summed E-state index contributed by atoms with van der Waals surface area (Å²) in [7, 11) is 1.79. The van der Waals surface area contributed by atoms with Gasteiger partial charge in [-0.1, -0.05) is 0 Å². The van der Waals surface area contributed by atoms with Crippen LogP contribution in [0, 0.1) is 0 Å². The van der Waals surface area contributed by atoms with Crippen LogP contribution in [0.3, 0.4) is 0 Å². The second-order valence-corrected chi connectivity index (χ2v) is 7.41. The number of ether oxygens (including phenoxy) is 1. The fourth-order valence-corrected chi connectivity index (χ4v) is 4.20. The molecule has 2 aliphatic rings. The summed E-state index contributed by atoms with van der Waals surface area (Å²) >= 11 is 1.63. The molecule has 0 saturated carbocycles. The Balaban J connectivity index is 1.29. The summed E-state index contributed by atoms with van der Waals surface area (Å²) < 4.78 is 7.55. The molecule has 4 heterocycles. The first-order valence-electron chi connectivity index (χ1n) is 9.01. The average molecular weight is 376 g/mol. The Hall–Kier alpha value is -2.13. The smallest absolute Gasteiger partial charge is 0.251 e. The molecule has 140 valence electrons. The van der Waals surface area contributed by atoms with Crippen molar-refractivity contribution in [2.45, 2.75) is 25.5 Å². The molecule has 0 spiro atoms. The zero-order valence-corrected chi connectivity index (χ0v) is 15.7. The molecule has 0 aromatic carbocycles. The summed E-state index contributed by atoms with van der Waals surface area (Å²) in [4.78, 5) is 26.5. The van der Waals surface area contributed by atoms with Crippen LogP contribution in [-0.2, 0) is 16.1 Å². The van der Waals surface area contributed by atoms with Crippen molar-refractivity contribution < 1.29 is 9.53 Å². The van der Waals surface area contributed by atoms with Gasteiger partial charge in [-0.3, -0.25) is 14.2 Å². The highest BCUT2D eigenvalue weighted by Gasteiger charge is 2.30. The van der Waals surface area contributed by atoms with Crippen molar-refractivity contribution in [3.05, 3.63) is 23.5 Å². The van der Waals surface area contributed by atoms with Crippen LogP contribution in [0.2, 0.25) is 0 Å². The van der Waals surface area contributed by atoms with E-state index in [1.807, 2.05) is 27.1 Å². The van der Waals surface area contributed by atoms with Gasteiger partial charge in [0.2, 0.25) is 0 Å². The van der Waals surface area contributed by atoms with Gasteiger partial charge >= 0.3 is 0 Å². The SMILES string of the molecule is CN=C(NCc1cn2ccsc2n1)N1CCN(C(=O)C2CCCO2)CC1. The molecule has 26 heavy (non-hydrogen) atoms. The molecule has 8 nitrogen and oxygen atoms in total. The van der Waals surface area contributed by atoms with E-state index in [2.05, 4.69) is 20.2 Å². The van der Waals surface area contributed by atoms with E-state index >= 15 is 0 Å². The molecule has 1 N–H and O–H groups in total. The third kappa shape index (κ3) is 3.54. The van der Waals surface area contributed by atoms with Crippen molar-refractivity contribution in [1.82, 2.24) is 24.5 Å². The summed E-state index contributed by atoms with van der Waals surface area (Å²) in [6, 6.07) is 0. The van der Waals surface area contributed by atoms with Crippen LogP contribution >= 0.6 is 11.3 Å². The number of aliphatic imine (C=N–C) groups is 1. The van der Waals surface area contributed by atoms with Crippen LogP contribution in [0.25, 0.3) is 4.96 Å². The summed E-state index contributed by atoms with van der Waals surface area (Å²) in [6.45, 7) is 4.31. The van der Waals surface area contributed by atoms with Gasteiger partial charge in [-0.05, 0) is 12.8 Å². The maximum atomic E-state index is 12.4. The lowest BCUT2D eigenvalue weighted by Gasteiger charge is -2.37. The van der Waals surface area contributed by atoms with Crippen molar-refractivity contribution in [2.24, 2.45) is 4.99 Å². The topological polar surface area (TPSA) is 74.5 Å². The molecule has 2 saturated heterocycles.